The van der Waals surface area contributed by atoms with Gasteiger partial charge >= 0.3 is 5.69 Å². The van der Waals surface area contributed by atoms with E-state index in [-0.39, 0.29) is 34.6 Å². The van der Waals surface area contributed by atoms with Gasteiger partial charge in [-0.25, -0.2) is 14.9 Å². The Bertz CT molecular complexity index is 1310. The average molecular weight is 499 g/mol. The first-order chi connectivity index (χ1) is 16.1. The number of carbonyl (C=O) groups is 1. The fraction of sp³-hybridized carbons (Fsp3) is 0.500. The van der Waals surface area contributed by atoms with Crippen molar-refractivity contribution in [2.45, 2.75) is 30.1 Å². The minimum atomic E-state index is -1.68. The Hall–Kier alpha value is -3.45. The zero-order valence-corrected chi connectivity index (χ0v) is 18.7. The maximum atomic E-state index is 12.4. The highest BCUT2D eigenvalue weighted by Gasteiger charge is 2.22. The summed E-state index contributed by atoms with van der Waals surface area (Å²) in [5.74, 6) is -0.716. The van der Waals surface area contributed by atoms with Crippen LogP contribution < -0.4 is 16.7 Å². The van der Waals surface area contributed by atoms with Crippen LogP contribution in [0.25, 0.3) is 11.2 Å². The number of aliphatic hydroxyl groups excluding tert-OH is 4. The van der Waals surface area contributed by atoms with Crippen molar-refractivity contribution in [3.8, 4) is 0 Å². The van der Waals surface area contributed by atoms with Gasteiger partial charge in [-0.3, -0.25) is 18.7 Å². The van der Waals surface area contributed by atoms with Crippen molar-refractivity contribution in [2.75, 3.05) is 12.4 Å². The van der Waals surface area contributed by atoms with Crippen LogP contribution in [0.2, 0.25) is 0 Å². The molecule has 3 aromatic rings. The van der Waals surface area contributed by atoms with Crippen molar-refractivity contribution < 1.29 is 29.6 Å². The van der Waals surface area contributed by atoms with E-state index in [1.54, 1.807) is 0 Å². The Morgan fingerprint density at radius 3 is 2.65 bits per heavy atom. The second-order valence-electron chi connectivity index (χ2n) is 6.92. The number of fused-ring (bicyclic) bond motifs is 1. The van der Waals surface area contributed by atoms with Gasteiger partial charge in [0.05, 0.1) is 18.6 Å². The lowest BCUT2D eigenvalue weighted by atomic mass is 10.1. The van der Waals surface area contributed by atoms with E-state index in [4.69, 9.17) is 9.52 Å². The molecule has 5 N–H and O–H groups in total. The number of aliphatic hydroxyl groups is 4. The van der Waals surface area contributed by atoms with E-state index in [1.807, 2.05) is 0 Å². The molecule has 0 aromatic carbocycles. The van der Waals surface area contributed by atoms with Gasteiger partial charge in [0.1, 0.15) is 24.9 Å². The number of hydrogen-bond acceptors (Lipinski definition) is 14. The molecule has 3 atom stereocenters. The van der Waals surface area contributed by atoms with Crippen molar-refractivity contribution >= 4 is 35.0 Å². The summed E-state index contributed by atoms with van der Waals surface area (Å²) in [5, 5.41) is 55.8. The molecule has 34 heavy (non-hydrogen) atoms. The van der Waals surface area contributed by atoms with Crippen LogP contribution in [0, 0.1) is 0 Å². The van der Waals surface area contributed by atoms with E-state index in [0.29, 0.717) is 0 Å². The lowest BCUT2D eigenvalue weighted by Crippen LogP contribution is -2.40. The summed E-state index contributed by atoms with van der Waals surface area (Å²) in [4.78, 5) is 36.3. The Morgan fingerprint density at radius 1 is 1.21 bits per heavy atom. The van der Waals surface area contributed by atoms with Crippen molar-refractivity contribution in [1.29, 1.82) is 0 Å². The molecule has 0 fully saturated rings. The summed E-state index contributed by atoms with van der Waals surface area (Å²) >= 11 is 0.882. The summed E-state index contributed by atoms with van der Waals surface area (Å²) in [6, 6.07) is 0. The minimum Gasteiger partial charge on any atom is -0.414 e. The number of hydrogen-bond donors (Lipinski definition) is 5. The molecule has 0 radical (unpaired) electrons. The predicted octanol–water partition coefficient (Wildman–Crippen LogP) is -4.47. The van der Waals surface area contributed by atoms with Gasteiger partial charge in [0.15, 0.2) is 11.2 Å². The number of carbonyl (C=O) groups excluding carboxylic acids is 1. The number of aromatic nitrogens is 7. The normalized spacial score (nSPS) is 14.5. The number of aryl methyl sites for hydroxylation is 1. The van der Waals surface area contributed by atoms with Crippen molar-refractivity contribution in [1.82, 2.24) is 39.8 Å². The predicted molar refractivity (Wildman–Crippen MR) is 114 cm³/mol. The molecule has 0 aliphatic rings. The molecular formula is C16H21N9O8S. The third kappa shape index (κ3) is 5.37. The first-order valence-corrected chi connectivity index (χ1v) is 10.5. The van der Waals surface area contributed by atoms with E-state index < -0.39 is 42.1 Å². The third-order valence-corrected chi connectivity index (χ3v) is 5.34. The SMILES string of the molecule is Cn1c(=O)c2c(nnn2Cc2nnc(SCC(=O)N/N=C/[C@H](O)[C@@H](O)[C@@H](O)CO)o2)n(C)c1=O. The largest absolute Gasteiger partial charge is 0.414 e. The molecule has 3 heterocycles. The van der Waals surface area contributed by atoms with Crippen molar-refractivity contribution in [3.63, 3.8) is 0 Å². The molecule has 184 valence electrons. The molecule has 0 saturated heterocycles. The lowest BCUT2D eigenvalue weighted by molar-refractivity contribution is -0.118. The summed E-state index contributed by atoms with van der Waals surface area (Å²) in [7, 11) is 2.79. The van der Waals surface area contributed by atoms with Gasteiger partial charge in [0, 0.05) is 14.1 Å². The number of nitrogens with one attached hydrogen (secondary N) is 1. The lowest BCUT2D eigenvalue weighted by Gasteiger charge is -2.17. The quantitative estimate of drug-likeness (QED) is 0.101. The summed E-state index contributed by atoms with van der Waals surface area (Å²) in [6.45, 7) is -0.863. The van der Waals surface area contributed by atoms with Crippen LogP contribution in [0.1, 0.15) is 5.89 Å². The van der Waals surface area contributed by atoms with Crippen LogP contribution in [-0.4, -0.2) is 97.5 Å². The third-order valence-electron chi connectivity index (χ3n) is 4.52. The van der Waals surface area contributed by atoms with E-state index in [1.165, 1.54) is 23.3 Å². The molecule has 0 aliphatic carbocycles. The first-order valence-electron chi connectivity index (χ1n) is 9.55. The van der Waals surface area contributed by atoms with Crippen LogP contribution in [0.15, 0.2) is 24.3 Å². The maximum absolute atomic E-state index is 12.4. The summed E-state index contributed by atoms with van der Waals surface area (Å²) in [5.41, 5.74) is 1.14. The Kier molecular flexibility index (Phi) is 7.89. The van der Waals surface area contributed by atoms with E-state index in [2.05, 4.69) is 31.0 Å². The van der Waals surface area contributed by atoms with Crippen LogP contribution in [-0.2, 0) is 25.4 Å². The zero-order chi connectivity index (χ0) is 25.0. The van der Waals surface area contributed by atoms with Gasteiger partial charge < -0.3 is 24.8 Å². The van der Waals surface area contributed by atoms with Crippen LogP contribution in [0.5, 0.6) is 0 Å². The fourth-order valence-electron chi connectivity index (χ4n) is 2.67. The standard InChI is InChI=1S/C16H21N9O8S/c1-23-13-11(14(31)24(2)16(23)32)25(22-20-13)4-10-19-21-15(33-10)34-6-9(29)18-17-3-7(27)12(30)8(28)5-26/h3,7-8,12,26-28,30H,4-6H2,1-2H3,(H,18,29)/b17-3+/t7-,8-,12+/m0/s1. The van der Waals surface area contributed by atoms with Gasteiger partial charge in [-0.1, -0.05) is 17.0 Å². The monoisotopic (exact) mass is 499 g/mol. The number of nitrogens with zero attached hydrogens (tertiary/aromatic N) is 8. The summed E-state index contributed by atoms with van der Waals surface area (Å²) in [6.07, 6.45) is -4.06. The van der Waals surface area contributed by atoms with Gasteiger partial charge in [0.25, 0.3) is 16.7 Å². The van der Waals surface area contributed by atoms with Crippen LogP contribution >= 0.6 is 11.8 Å². The number of amides is 1. The molecule has 0 aliphatic heterocycles. The minimum absolute atomic E-state index is 0.0420. The van der Waals surface area contributed by atoms with Crippen molar-refractivity contribution in [3.05, 3.63) is 26.7 Å². The summed E-state index contributed by atoms with van der Waals surface area (Å²) < 4.78 is 8.75. The Balaban J connectivity index is 1.58. The van der Waals surface area contributed by atoms with Crippen LogP contribution in [0.4, 0.5) is 0 Å². The maximum Gasteiger partial charge on any atom is 0.332 e. The Morgan fingerprint density at radius 2 is 1.94 bits per heavy atom. The van der Waals surface area contributed by atoms with Gasteiger partial charge in [-0.2, -0.15) is 5.10 Å². The molecular weight excluding hydrogens is 478 g/mol. The smallest absolute Gasteiger partial charge is 0.332 e. The van der Waals surface area contributed by atoms with Gasteiger partial charge in [-0.05, 0) is 0 Å². The van der Waals surface area contributed by atoms with E-state index >= 15 is 0 Å². The van der Waals surface area contributed by atoms with Gasteiger partial charge in [0.2, 0.25) is 5.89 Å². The Labute approximate surface area is 193 Å². The zero-order valence-electron chi connectivity index (χ0n) is 17.8. The molecule has 3 aromatic heterocycles. The average Bonchev–Trinajstić information content (AvgIpc) is 3.46. The molecule has 18 heteroatoms. The number of thioether (sulfide) groups is 1. The second kappa shape index (κ2) is 10.7. The highest BCUT2D eigenvalue weighted by atomic mass is 32.2. The van der Waals surface area contributed by atoms with E-state index in [0.717, 1.165) is 22.5 Å². The highest BCUT2D eigenvalue weighted by molar-refractivity contribution is 7.99. The molecule has 0 saturated carbocycles. The molecule has 0 unspecified atom stereocenters. The number of hydrazone groups is 1. The second-order valence-corrected chi connectivity index (χ2v) is 7.85. The fourth-order valence-corrected chi connectivity index (χ4v) is 3.24. The molecule has 0 bridgehead atoms. The highest BCUT2D eigenvalue weighted by Crippen LogP contribution is 2.16. The molecule has 1 amide bonds. The van der Waals surface area contributed by atoms with Crippen LogP contribution in [0.3, 0.4) is 0 Å². The molecule has 3 rings (SSSR count). The van der Waals surface area contributed by atoms with E-state index in [9.17, 15) is 29.7 Å². The topological polar surface area (TPSA) is 236 Å². The van der Waals surface area contributed by atoms with Crippen molar-refractivity contribution in [2.24, 2.45) is 19.2 Å². The van der Waals surface area contributed by atoms with Gasteiger partial charge in [-0.15, -0.1) is 15.3 Å². The number of rotatable bonds is 10. The first kappa shape index (κ1) is 25.2. The molecule has 17 nitrogen and oxygen atoms in total. The molecule has 0 spiro atoms.